The summed E-state index contributed by atoms with van der Waals surface area (Å²) < 4.78 is 40.0. The molecule has 1 N–H and O–H groups in total. The Bertz CT molecular complexity index is 419. The van der Waals surface area contributed by atoms with Gasteiger partial charge in [0.1, 0.15) is 5.75 Å². The van der Waals surface area contributed by atoms with Crippen molar-refractivity contribution in [3.8, 4) is 5.75 Å². The molecule has 0 spiro atoms. The van der Waals surface area contributed by atoms with Crippen molar-refractivity contribution in [3.05, 3.63) is 29.8 Å². The quantitative estimate of drug-likeness (QED) is 0.901. The van der Waals surface area contributed by atoms with Crippen LogP contribution in [0, 0.1) is 5.92 Å². The molecular formula is C14H19F3N2O. The summed E-state index contributed by atoms with van der Waals surface area (Å²) in [5, 5.41) is 3.17. The number of likely N-dealkylation sites (tertiary alicyclic amines) is 1. The van der Waals surface area contributed by atoms with E-state index in [1.54, 1.807) is 12.1 Å². The van der Waals surface area contributed by atoms with E-state index in [-0.39, 0.29) is 5.75 Å². The van der Waals surface area contributed by atoms with Crippen LogP contribution >= 0.6 is 0 Å². The molecule has 0 aromatic heterocycles. The third-order valence-electron chi connectivity index (χ3n) is 3.43. The Labute approximate surface area is 116 Å². The van der Waals surface area contributed by atoms with E-state index < -0.39 is 6.36 Å². The van der Waals surface area contributed by atoms with Gasteiger partial charge in [-0.2, -0.15) is 0 Å². The third-order valence-corrected chi connectivity index (χ3v) is 3.43. The smallest absolute Gasteiger partial charge is 0.406 e. The maximum absolute atomic E-state index is 12.0. The van der Waals surface area contributed by atoms with Crippen molar-refractivity contribution in [2.45, 2.75) is 19.3 Å². The minimum absolute atomic E-state index is 0.171. The zero-order valence-corrected chi connectivity index (χ0v) is 11.4. The highest BCUT2D eigenvalue weighted by Crippen LogP contribution is 2.24. The lowest BCUT2D eigenvalue weighted by atomic mass is 10.1. The molecule has 1 saturated heterocycles. The zero-order valence-electron chi connectivity index (χ0n) is 11.4. The largest absolute Gasteiger partial charge is 0.573 e. The highest BCUT2D eigenvalue weighted by molar-refractivity contribution is 5.27. The average Bonchev–Trinajstić information content (AvgIpc) is 2.78. The van der Waals surface area contributed by atoms with Crippen molar-refractivity contribution < 1.29 is 17.9 Å². The number of ether oxygens (including phenoxy) is 1. The monoisotopic (exact) mass is 288 g/mol. The second kappa shape index (κ2) is 6.45. The fourth-order valence-electron chi connectivity index (χ4n) is 2.57. The van der Waals surface area contributed by atoms with Gasteiger partial charge < -0.3 is 10.1 Å². The number of halogens is 3. The summed E-state index contributed by atoms with van der Waals surface area (Å²) in [4.78, 5) is 2.32. The average molecular weight is 288 g/mol. The summed E-state index contributed by atoms with van der Waals surface area (Å²) in [5.41, 5.74) is 1.00. The van der Waals surface area contributed by atoms with E-state index in [0.29, 0.717) is 5.92 Å². The molecule has 1 aliphatic heterocycles. The summed E-state index contributed by atoms with van der Waals surface area (Å²) >= 11 is 0. The molecule has 0 aliphatic carbocycles. The van der Waals surface area contributed by atoms with Gasteiger partial charge in [0.15, 0.2) is 0 Å². The van der Waals surface area contributed by atoms with Crippen LogP contribution in [0.15, 0.2) is 24.3 Å². The van der Waals surface area contributed by atoms with Gasteiger partial charge >= 0.3 is 6.36 Å². The number of nitrogens with one attached hydrogen (secondary N) is 1. The SMILES string of the molecule is CNCC1CCN(Cc2ccc(OC(F)(F)F)cc2)C1. The molecule has 1 aromatic rings. The minimum Gasteiger partial charge on any atom is -0.406 e. The summed E-state index contributed by atoms with van der Waals surface area (Å²) in [6.45, 7) is 3.84. The van der Waals surface area contributed by atoms with Gasteiger partial charge in [0.2, 0.25) is 0 Å². The molecule has 6 heteroatoms. The molecule has 20 heavy (non-hydrogen) atoms. The minimum atomic E-state index is -4.63. The normalized spacial score (nSPS) is 20.3. The Morgan fingerprint density at radius 2 is 2.00 bits per heavy atom. The topological polar surface area (TPSA) is 24.5 Å². The molecule has 1 fully saturated rings. The van der Waals surface area contributed by atoms with Crippen molar-refractivity contribution in [1.82, 2.24) is 10.2 Å². The summed E-state index contributed by atoms with van der Waals surface area (Å²) in [7, 11) is 1.95. The summed E-state index contributed by atoms with van der Waals surface area (Å²) in [6.07, 6.45) is -3.47. The Morgan fingerprint density at radius 1 is 1.30 bits per heavy atom. The third kappa shape index (κ3) is 4.68. The van der Waals surface area contributed by atoms with Crippen LogP contribution in [0.5, 0.6) is 5.75 Å². The lowest BCUT2D eigenvalue weighted by Crippen LogP contribution is -2.24. The van der Waals surface area contributed by atoms with Crippen molar-refractivity contribution >= 4 is 0 Å². The molecule has 1 unspecified atom stereocenters. The number of rotatable bonds is 5. The Morgan fingerprint density at radius 3 is 2.60 bits per heavy atom. The van der Waals surface area contributed by atoms with Gasteiger partial charge in [0.25, 0.3) is 0 Å². The molecule has 0 bridgehead atoms. The predicted octanol–water partition coefficient (Wildman–Crippen LogP) is 2.63. The van der Waals surface area contributed by atoms with Crippen LogP contribution in [0.4, 0.5) is 13.2 Å². The molecule has 1 atom stereocenters. The highest BCUT2D eigenvalue weighted by Gasteiger charge is 2.31. The molecule has 0 amide bonds. The summed E-state index contributed by atoms with van der Waals surface area (Å²) in [6, 6.07) is 6.10. The zero-order chi connectivity index (χ0) is 14.6. The van der Waals surface area contributed by atoms with Crippen LogP contribution in [-0.4, -0.2) is 37.9 Å². The molecule has 3 nitrogen and oxygen atoms in total. The van der Waals surface area contributed by atoms with Gasteiger partial charge in [-0.05, 0) is 50.2 Å². The summed E-state index contributed by atoms with van der Waals surface area (Å²) in [5.74, 6) is 0.489. The van der Waals surface area contributed by atoms with Crippen molar-refractivity contribution in [2.75, 3.05) is 26.7 Å². The molecule has 0 saturated carbocycles. The van der Waals surface area contributed by atoms with Crippen LogP contribution in [0.25, 0.3) is 0 Å². The fraction of sp³-hybridized carbons (Fsp3) is 0.571. The molecule has 1 heterocycles. The van der Waals surface area contributed by atoms with Crippen LogP contribution in [-0.2, 0) is 6.54 Å². The van der Waals surface area contributed by atoms with Crippen LogP contribution in [0.2, 0.25) is 0 Å². The number of hydrogen-bond donors (Lipinski definition) is 1. The van der Waals surface area contributed by atoms with E-state index in [1.807, 2.05) is 7.05 Å². The van der Waals surface area contributed by atoms with E-state index in [4.69, 9.17) is 0 Å². The van der Waals surface area contributed by atoms with E-state index in [0.717, 1.165) is 38.2 Å². The first-order valence-electron chi connectivity index (χ1n) is 6.68. The molecule has 2 rings (SSSR count). The Balaban J connectivity index is 1.85. The second-order valence-electron chi connectivity index (χ2n) is 5.14. The van der Waals surface area contributed by atoms with E-state index in [1.165, 1.54) is 12.1 Å². The molecule has 1 aromatic carbocycles. The van der Waals surface area contributed by atoms with Crippen molar-refractivity contribution in [2.24, 2.45) is 5.92 Å². The lowest BCUT2D eigenvalue weighted by Gasteiger charge is -2.16. The second-order valence-corrected chi connectivity index (χ2v) is 5.14. The molecule has 1 aliphatic rings. The van der Waals surface area contributed by atoms with Crippen LogP contribution < -0.4 is 10.1 Å². The van der Waals surface area contributed by atoms with Gasteiger partial charge in [0.05, 0.1) is 0 Å². The standard InChI is InChI=1S/C14H19F3N2O/c1-18-8-12-6-7-19(10-12)9-11-2-4-13(5-3-11)20-14(15,16)17/h2-5,12,18H,6-10H2,1H3. The van der Waals surface area contributed by atoms with Gasteiger partial charge in [-0.15, -0.1) is 13.2 Å². The van der Waals surface area contributed by atoms with E-state index >= 15 is 0 Å². The maximum atomic E-state index is 12.0. The predicted molar refractivity (Wildman–Crippen MR) is 70.4 cm³/mol. The van der Waals surface area contributed by atoms with Gasteiger partial charge in [-0.3, -0.25) is 4.90 Å². The highest BCUT2D eigenvalue weighted by atomic mass is 19.4. The van der Waals surface area contributed by atoms with Crippen molar-refractivity contribution in [3.63, 3.8) is 0 Å². The first-order chi connectivity index (χ1) is 9.46. The fourth-order valence-corrected chi connectivity index (χ4v) is 2.57. The van der Waals surface area contributed by atoms with Crippen molar-refractivity contribution in [1.29, 1.82) is 0 Å². The molecule has 112 valence electrons. The van der Waals surface area contributed by atoms with Gasteiger partial charge in [-0.25, -0.2) is 0 Å². The first kappa shape index (κ1) is 15.1. The Hall–Kier alpha value is -1.27. The van der Waals surface area contributed by atoms with Gasteiger partial charge in [-0.1, -0.05) is 12.1 Å². The lowest BCUT2D eigenvalue weighted by molar-refractivity contribution is -0.274. The molecular weight excluding hydrogens is 269 g/mol. The number of benzene rings is 1. The number of alkyl halides is 3. The van der Waals surface area contributed by atoms with Crippen LogP contribution in [0.3, 0.4) is 0 Å². The van der Waals surface area contributed by atoms with E-state index in [2.05, 4.69) is 15.0 Å². The van der Waals surface area contributed by atoms with E-state index in [9.17, 15) is 13.2 Å². The van der Waals surface area contributed by atoms with Gasteiger partial charge in [0, 0.05) is 13.1 Å². The number of hydrogen-bond acceptors (Lipinski definition) is 3. The first-order valence-corrected chi connectivity index (χ1v) is 6.68. The van der Waals surface area contributed by atoms with Crippen LogP contribution in [0.1, 0.15) is 12.0 Å². The Kier molecular flexibility index (Phi) is 4.88. The number of nitrogens with zero attached hydrogens (tertiary/aromatic N) is 1. The maximum Gasteiger partial charge on any atom is 0.573 e. The molecule has 0 radical (unpaired) electrons.